The Bertz CT molecular complexity index is 1330. The van der Waals surface area contributed by atoms with Crippen molar-refractivity contribution in [2.24, 2.45) is 17.6 Å². The van der Waals surface area contributed by atoms with Crippen LogP contribution in [0.25, 0.3) is 5.76 Å². The lowest BCUT2D eigenvalue weighted by molar-refractivity contribution is -0.153. The maximum Gasteiger partial charge on any atom is 0.255 e. The molecule has 0 aromatic heterocycles. The van der Waals surface area contributed by atoms with Gasteiger partial charge in [0.25, 0.3) is 5.91 Å². The van der Waals surface area contributed by atoms with Gasteiger partial charge in [0.2, 0.25) is 5.78 Å². The fraction of sp³-hybridized carbons (Fsp3) is 0.462. The third-order valence-corrected chi connectivity index (χ3v) is 7.80. The van der Waals surface area contributed by atoms with Gasteiger partial charge in [-0.25, -0.2) is 0 Å². The zero-order valence-corrected chi connectivity index (χ0v) is 21.3. The van der Waals surface area contributed by atoms with Gasteiger partial charge in [-0.15, -0.1) is 0 Å². The lowest BCUT2D eigenvalue weighted by atomic mass is 9.57. The number of anilines is 1. The molecular formula is C26H31N3O8. The first-order valence-electron chi connectivity index (χ1n) is 11.9. The van der Waals surface area contributed by atoms with Crippen LogP contribution >= 0.6 is 0 Å². The number of primary amides is 1. The predicted molar refractivity (Wildman–Crippen MR) is 133 cm³/mol. The highest BCUT2D eigenvalue weighted by molar-refractivity contribution is 6.24. The molecular weight excluding hydrogens is 482 g/mol. The van der Waals surface area contributed by atoms with Crippen LogP contribution in [-0.2, 0) is 20.8 Å². The van der Waals surface area contributed by atoms with Gasteiger partial charge >= 0.3 is 0 Å². The SMILES string of the molecule is CCC(=O)c1cc(N(C)C)c2c(c1O)C(O)=C1C(=O)[C@]3(O)C(O)=C(C(N)=O)C(=O)[C@@H](N(C)C)[C@@H]3C[C@@H]1C2. The number of nitrogens with zero attached hydrogens (tertiary/aromatic N) is 2. The van der Waals surface area contributed by atoms with E-state index in [-0.39, 0.29) is 41.7 Å². The molecule has 0 unspecified atom stereocenters. The minimum atomic E-state index is -2.71. The number of benzene rings is 1. The molecule has 3 aliphatic carbocycles. The van der Waals surface area contributed by atoms with Crippen LogP contribution in [0.3, 0.4) is 0 Å². The molecule has 0 heterocycles. The Balaban J connectivity index is 2.02. The molecule has 1 fully saturated rings. The highest BCUT2D eigenvalue weighted by atomic mass is 16.3. The van der Waals surface area contributed by atoms with Gasteiger partial charge in [0.1, 0.15) is 22.8 Å². The Hall–Kier alpha value is -3.70. The molecule has 1 saturated carbocycles. The van der Waals surface area contributed by atoms with Crippen molar-refractivity contribution in [1.29, 1.82) is 0 Å². The van der Waals surface area contributed by atoms with E-state index in [0.717, 1.165) is 0 Å². The van der Waals surface area contributed by atoms with Crippen LogP contribution in [-0.4, -0.2) is 88.4 Å². The van der Waals surface area contributed by atoms with E-state index >= 15 is 0 Å². The van der Waals surface area contributed by atoms with Gasteiger partial charge < -0.3 is 31.1 Å². The lowest BCUT2D eigenvalue weighted by Crippen LogP contribution is -2.65. The molecule has 0 aliphatic heterocycles. The van der Waals surface area contributed by atoms with Crippen molar-refractivity contribution in [3.63, 3.8) is 0 Å². The summed E-state index contributed by atoms with van der Waals surface area (Å²) in [6, 6.07) is 0.392. The Morgan fingerprint density at radius 2 is 1.76 bits per heavy atom. The van der Waals surface area contributed by atoms with Crippen LogP contribution in [0.2, 0.25) is 0 Å². The first-order chi connectivity index (χ1) is 17.2. The van der Waals surface area contributed by atoms with E-state index in [1.807, 2.05) is 0 Å². The molecule has 11 heteroatoms. The number of ketones is 3. The number of hydrogen-bond donors (Lipinski definition) is 5. The number of fused-ring (bicyclic) bond motifs is 3. The van der Waals surface area contributed by atoms with Gasteiger partial charge in [-0.3, -0.25) is 24.1 Å². The summed E-state index contributed by atoms with van der Waals surface area (Å²) in [5, 5.41) is 45.0. The second kappa shape index (κ2) is 8.70. The Kier molecular flexibility index (Phi) is 6.20. The number of likely N-dealkylation sites (N-methyl/N-ethyl adjacent to an activating group) is 1. The quantitative estimate of drug-likeness (QED) is 0.276. The number of hydrogen-bond acceptors (Lipinski definition) is 10. The average Bonchev–Trinajstić information content (AvgIpc) is 2.80. The summed E-state index contributed by atoms with van der Waals surface area (Å²) in [5.74, 6) is -7.65. The topological polar surface area (TPSA) is 182 Å². The smallest absolute Gasteiger partial charge is 0.255 e. The second-order valence-corrected chi connectivity index (χ2v) is 10.3. The van der Waals surface area contributed by atoms with Crippen molar-refractivity contribution in [3.8, 4) is 5.75 Å². The van der Waals surface area contributed by atoms with Gasteiger partial charge in [-0.2, -0.15) is 0 Å². The molecule has 0 bridgehead atoms. The number of aliphatic hydroxyl groups excluding tert-OH is 2. The Morgan fingerprint density at radius 3 is 2.27 bits per heavy atom. The number of phenols is 1. The summed E-state index contributed by atoms with van der Waals surface area (Å²) in [6.07, 6.45) is 0.235. The molecule has 1 aromatic carbocycles. The maximum absolute atomic E-state index is 13.9. The second-order valence-electron chi connectivity index (χ2n) is 10.3. The van der Waals surface area contributed by atoms with Crippen LogP contribution in [0, 0.1) is 11.8 Å². The minimum Gasteiger partial charge on any atom is -0.508 e. The third kappa shape index (κ3) is 3.48. The highest BCUT2D eigenvalue weighted by Gasteiger charge is 2.64. The predicted octanol–water partition coefficient (Wildman–Crippen LogP) is 0.623. The van der Waals surface area contributed by atoms with Gasteiger partial charge in [-0.05, 0) is 44.5 Å². The van der Waals surface area contributed by atoms with Crippen molar-refractivity contribution in [2.45, 2.75) is 37.8 Å². The summed E-state index contributed by atoms with van der Waals surface area (Å²) >= 11 is 0. The van der Waals surface area contributed by atoms with E-state index in [0.29, 0.717) is 11.3 Å². The number of phenolic OH excluding ortho intramolecular Hbond substituents is 1. The number of rotatable bonds is 5. The normalized spacial score (nSPS) is 27.2. The van der Waals surface area contributed by atoms with E-state index in [1.165, 1.54) is 4.90 Å². The third-order valence-electron chi connectivity index (χ3n) is 7.80. The Morgan fingerprint density at radius 1 is 1.14 bits per heavy atom. The standard InChI is InChI=1S/C26H31N3O8/c1-6-15(30)12-9-14(28(2)3)11-7-10-8-13-19(29(4)5)22(33)18(25(27)36)24(35)26(13,37)23(34)16(10)21(32)17(11)20(12)31/h9-10,13,19,31-32,35,37H,6-8H2,1-5H3,(H2,27,36)/t10-,13-,19-,26-/m0/s1. The number of carbonyl (C=O) groups is 4. The van der Waals surface area contributed by atoms with E-state index in [9.17, 15) is 39.6 Å². The number of aliphatic hydroxyl groups is 3. The van der Waals surface area contributed by atoms with Gasteiger partial charge in [-0.1, -0.05) is 6.92 Å². The van der Waals surface area contributed by atoms with Crippen LogP contribution in [0.4, 0.5) is 5.69 Å². The fourth-order valence-electron chi connectivity index (χ4n) is 6.09. The average molecular weight is 514 g/mol. The fourth-order valence-corrected chi connectivity index (χ4v) is 6.09. The highest BCUT2D eigenvalue weighted by Crippen LogP contribution is 2.54. The summed E-state index contributed by atoms with van der Waals surface area (Å²) in [5.41, 5.74) is 2.44. The molecule has 11 nitrogen and oxygen atoms in total. The van der Waals surface area contributed by atoms with E-state index < -0.39 is 63.8 Å². The van der Waals surface area contributed by atoms with Crippen molar-refractivity contribution in [2.75, 3.05) is 33.1 Å². The van der Waals surface area contributed by atoms with Gasteiger partial charge in [0.15, 0.2) is 17.2 Å². The van der Waals surface area contributed by atoms with Crippen LogP contribution in [0.15, 0.2) is 23.0 Å². The van der Waals surface area contributed by atoms with Crippen LogP contribution < -0.4 is 10.6 Å². The molecule has 0 saturated heterocycles. The lowest BCUT2D eigenvalue weighted by Gasteiger charge is -2.50. The zero-order valence-electron chi connectivity index (χ0n) is 21.3. The molecule has 6 N–H and O–H groups in total. The number of amides is 1. The number of aromatic hydroxyl groups is 1. The molecule has 37 heavy (non-hydrogen) atoms. The largest absolute Gasteiger partial charge is 0.508 e. The Labute approximate surface area is 213 Å². The summed E-state index contributed by atoms with van der Waals surface area (Å²) in [4.78, 5) is 54.8. The number of carbonyl (C=O) groups excluding carboxylic acids is 4. The van der Waals surface area contributed by atoms with Crippen molar-refractivity contribution < 1.29 is 39.6 Å². The van der Waals surface area contributed by atoms with E-state index in [4.69, 9.17) is 5.73 Å². The minimum absolute atomic E-state index is 0.00493. The first-order valence-corrected chi connectivity index (χ1v) is 11.9. The molecule has 3 aliphatic rings. The van der Waals surface area contributed by atoms with Gasteiger partial charge in [0, 0.05) is 37.7 Å². The summed E-state index contributed by atoms with van der Waals surface area (Å²) in [7, 11) is 6.57. The molecule has 198 valence electrons. The van der Waals surface area contributed by atoms with Crippen molar-refractivity contribution >= 4 is 34.7 Å². The maximum atomic E-state index is 13.9. The summed E-state index contributed by atoms with van der Waals surface area (Å²) in [6.45, 7) is 1.63. The number of Topliss-reactive ketones (excluding diaryl/α,β-unsaturated/α-hetero) is 3. The first kappa shape index (κ1) is 26.4. The van der Waals surface area contributed by atoms with Crippen LogP contribution in [0.5, 0.6) is 5.75 Å². The molecule has 0 radical (unpaired) electrons. The molecule has 4 rings (SSSR count). The zero-order chi connectivity index (χ0) is 27.7. The van der Waals surface area contributed by atoms with Crippen molar-refractivity contribution in [1.82, 2.24) is 4.90 Å². The molecule has 1 amide bonds. The van der Waals surface area contributed by atoms with Gasteiger partial charge in [0.05, 0.1) is 17.2 Å². The molecule has 1 aromatic rings. The molecule has 4 atom stereocenters. The number of nitrogens with two attached hydrogens (primary N) is 1. The van der Waals surface area contributed by atoms with E-state index in [2.05, 4.69) is 0 Å². The van der Waals surface area contributed by atoms with E-state index in [1.54, 1.807) is 46.1 Å². The van der Waals surface area contributed by atoms with Crippen LogP contribution in [0.1, 0.15) is 41.3 Å². The van der Waals surface area contributed by atoms with Crippen molar-refractivity contribution in [3.05, 3.63) is 39.7 Å². The summed E-state index contributed by atoms with van der Waals surface area (Å²) < 4.78 is 0. The molecule has 0 spiro atoms. The monoisotopic (exact) mass is 513 g/mol.